The summed E-state index contributed by atoms with van der Waals surface area (Å²) in [5.41, 5.74) is 0.785. The lowest BCUT2D eigenvalue weighted by Crippen LogP contribution is -2.08. The van der Waals surface area contributed by atoms with E-state index in [0.717, 1.165) is 30.0 Å². The van der Waals surface area contributed by atoms with Crippen LogP contribution in [-0.2, 0) is 12.8 Å². The number of aromatic nitrogens is 1. The van der Waals surface area contributed by atoms with Crippen LogP contribution in [-0.4, -0.2) is 10.8 Å². The van der Waals surface area contributed by atoms with E-state index in [1.54, 1.807) is 11.3 Å². The third-order valence-electron chi connectivity index (χ3n) is 2.56. The highest BCUT2D eigenvalue weighted by Gasteiger charge is 2.21. The molecule has 1 heterocycles. The molecular weight excluding hydrogens is 194 g/mol. The van der Waals surface area contributed by atoms with Crippen LogP contribution in [0, 0.1) is 0 Å². The molecule has 2 rings (SSSR count). The van der Waals surface area contributed by atoms with Crippen molar-refractivity contribution in [2.75, 3.05) is 0 Å². The van der Waals surface area contributed by atoms with E-state index in [1.165, 1.54) is 17.7 Å². The van der Waals surface area contributed by atoms with E-state index in [2.05, 4.69) is 11.9 Å². The van der Waals surface area contributed by atoms with Crippen LogP contribution < -0.4 is 0 Å². The molecule has 3 heteroatoms. The Morgan fingerprint density at radius 1 is 1.43 bits per heavy atom. The van der Waals surface area contributed by atoms with Crippen molar-refractivity contribution in [1.29, 1.82) is 0 Å². The molecule has 14 heavy (non-hydrogen) atoms. The Balaban J connectivity index is 2.17. The second-order valence-corrected chi connectivity index (χ2v) is 4.93. The van der Waals surface area contributed by atoms with E-state index >= 15 is 0 Å². The Bertz CT molecular complexity index is 343. The van der Waals surface area contributed by atoms with Gasteiger partial charge in [-0.1, -0.05) is 13.3 Å². The molecule has 0 radical (unpaired) electrons. The van der Waals surface area contributed by atoms with Crippen LogP contribution in [0.25, 0.3) is 0 Å². The average molecular weight is 209 g/mol. The molecule has 0 N–H and O–H groups in total. The number of hydrogen-bond donors (Lipinski definition) is 0. The molecule has 0 aromatic carbocycles. The number of fused-ring (bicyclic) bond motifs is 1. The van der Waals surface area contributed by atoms with E-state index in [-0.39, 0.29) is 5.78 Å². The molecule has 0 atom stereocenters. The molecule has 0 saturated heterocycles. The Morgan fingerprint density at radius 2 is 2.29 bits per heavy atom. The smallest absolute Gasteiger partial charge is 0.182 e. The molecular formula is C11H15NOS. The van der Waals surface area contributed by atoms with Crippen molar-refractivity contribution < 1.29 is 4.79 Å². The van der Waals surface area contributed by atoms with Crippen LogP contribution in [0.4, 0.5) is 0 Å². The fourth-order valence-corrected chi connectivity index (χ4v) is 2.92. The summed E-state index contributed by atoms with van der Waals surface area (Å²) in [5.74, 6) is 0.255. The Morgan fingerprint density at radius 3 is 3.00 bits per heavy atom. The molecule has 1 aliphatic carbocycles. The van der Waals surface area contributed by atoms with Crippen molar-refractivity contribution in [1.82, 2.24) is 4.98 Å². The van der Waals surface area contributed by atoms with Crippen molar-refractivity contribution in [2.45, 2.75) is 45.4 Å². The summed E-state index contributed by atoms with van der Waals surface area (Å²) in [6.45, 7) is 2.18. The van der Waals surface area contributed by atoms with E-state index in [1.807, 2.05) is 0 Å². The highest BCUT2D eigenvalue weighted by molar-refractivity contribution is 7.12. The Hall–Kier alpha value is -0.700. The van der Waals surface area contributed by atoms with Gasteiger partial charge in [0.2, 0.25) is 0 Å². The monoisotopic (exact) mass is 209 g/mol. The van der Waals surface area contributed by atoms with Gasteiger partial charge < -0.3 is 0 Å². The lowest BCUT2D eigenvalue weighted by molar-refractivity contribution is 0.0968. The minimum absolute atomic E-state index is 0.255. The van der Waals surface area contributed by atoms with Gasteiger partial charge in [0.25, 0.3) is 0 Å². The van der Waals surface area contributed by atoms with Gasteiger partial charge in [-0.3, -0.25) is 4.79 Å². The van der Waals surface area contributed by atoms with E-state index in [9.17, 15) is 4.79 Å². The third-order valence-corrected chi connectivity index (χ3v) is 3.73. The maximum absolute atomic E-state index is 11.5. The van der Waals surface area contributed by atoms with Gasteiger partial charge in [0.15, 0.2) is 5.78 Å². The zero-order valence-corrected chi connectivity index (χ0v) is 9.32. The summed E-state index contributed by atoms with van der Waals surface area (Å²) in [4.78, 5) is 17.2. The number of thiazole rings is 1. The summed E-state index contributed by atoms with van der Waals surface area (Å²) in [6.07, 6.45) is 6.19. The minimum atomic E-state index is 0.255. The summed E-state index contributed by atoms with van der Waals surface area (Å²) >= 11 is 1.75. The first-order valence-electron chi connectivity index (χ1n) is 5.33. The molecule has 0 unspecified atom stereocenters. The van der Waals surface area contributed by atoms with Crippen molar-refractivity contribution in [2.24, 2.45) is 0 Å². The largest absolute Gasteiger partial charge is 0.292 e. The van der Waals surface area contributed by atoms with Crippen molar-refractivity contribution in [3.8, 4) is 0 Å². The molecule has 1 aromatic heterocycles. The van der Waals surface area contributed by atoms with E-state index in [0.29, 0.717) is 6.42 Å². The number of rotatable bonds is 3. The number of ketones is 1. The van der Waals surface area contributed by atoms with E-state index < -0.39 is 0 Å². The number of nitrogens with zero attached hydrogens (tertiary/aromatic N) is 1. The second kappa shape index (κ2) is 4.22. The SMILES string of the molecule is CCCCc1nc2c(s1)CCCC2=O. The summed E-state index contributed by atoms with van der Waals surface area (Å²) in [6, 6.07) is 0. The highest BCUT2D eigenvalue weighted by Crippen LogP contribution is 2.27. The zero-order valence-electron chi connectivity index (χ0n) is 8.51. The molecule has 76 valence electrons. The molecule has 0 spiro atoms. The van der Waals surface area contributed by atoms with Gasteiger partial charge in [0, 0.05) is 11.3 Å². The average Bonchev–Trinajstić information content (AvgIpc) is 2.59. The Kier molecular flexibility index (Phi) is 2.96. The molecule has 2 nitrogen and oxygen atoms in total. The van der Waals surface area contributed by atoms with Crippen molar-refractivity contribution in [3.63, 3.8) is 0 Å². The number of Topliss-reactive ketones (excluding diaryl/α,β-unsaturated/α-hetero) is 1. The van der Waals surface area contributed by atoms with Crippen LogP contribution in [0.1, 0.15) is 53.0 Å². The molecule has 0 amide bonds. The fraction of sp³-hybridized carbons (Fsp3) is 0.636. The van der Waals surface area contributed by atoms with Gasteiger partial charge >= 0.3 is 0 Å². The molecule has 0 fully saturated rings. The van der Waals surface area contributed by atoms with Crippen molar-refractivity contribution in [3.05, 3.63) is 15.6 Å². The van der Waals surface area contributed by atoms with Gasteiger partial charge in [0.1, 0.15) is 5.69 Å². The van der Waals surface area contributed by atoms with Crippen LogP contribution in [0.2, 0.25) is 0 Å². The minimum Gasteiger partial charge on any atom is -0.292 e. The van der Waals surface area contributed by atoms with Gasteiger partial charge in [-0.15, -0.1) is 11.3 Å². The zero-order chi connectivity index (χ0) is 9.97. The third kappa shape index (κ3) is 1.87. The predicted molar refractivity (Wildman–Crippen MR) is 58.0 cm³/mol. The fourth-order valence-electron chi connectivity index (χ4n) is 1.75. The van der Waals surface area contributed by atoms with Gasteiger partial charge in [-0.25, -0.2) is 4.98 Å². The van der Waals surface area contributed by atoms with Gasteiger partial charge in [0.05, 0.1) is 5.01 Å². The number of carbonyl (C=O) groups is 1. The van der Waals surface area contributed by atoms with Gasteiger partial charge in [-0.2, -0.15) is 0 Å². The van der Waals surface area contributed by atoms with Gasteiger partial charge in [-0.05, 0) is 25.7 Å². The lowest BCUT2D eigenvalue weighted by Gasteiger charge is -2.06. The van der Waals surface area contributed by atoms with Crippen molar-refractivity contribution >= 4 is 17.1 Å². The van der Waals surface area contributed by atoms with E-state index in [4.69, 9.17) is 0 Å². The summed E-state index contributed by atoms with van der Waals surface area (Å²) in [5, 5.41) is 1.16. The first kappa shape index (κ1) is 9.84. The number of unbranched alkanes of at least 4 members (excludes halogenated alkanes) is 1. The molecule has 1 aliphatic rings. The first-order chi connectivity index (χ1) is 6.81. The topological polar surface area (TPSA) is 30.0 Å². The standard InChI is InChI=1S/C11H15NOS/c1-2-3-7-10-12-11-8(13)5-4-6-9(11)14-10/h2-7H2,1H3. The maximum atomic E-state index is 11.5. The summed E-state index contributed by atoms with van der Waals surface area (Å²) in [7, 11) is 0. The number of carbonyl (C=O) groups excluding carboxylic acids is 1. The molecule has 0 saturated carbocycles. The van der Waals surface area contributed by atoms with Crippen LogP contribution >= 0.6 is 11.3 Å². The maximum Gasteiger partial charge on any atom is 0.182 e. The normalized spacial score (nSPS) is 15.6. The molecule has 0 bridgehead atoms. The number of hydrogen-bond acceptors (Lipinski definition) is 3. The second-order valence-electron chi connectivity index (χ2n) is 3.76. The quantitative estimate of drug-likeness (QED) is 0.766. The summed E-state index contributed by atoms with van der Waals surface area (Å²) < 4.78 is 0. The highest BCUT2D eigenvalue weighted by atomic mass is 32.1. The molecule has 0 aliphatic heterocycles. The number of aryl methyl sites for hydroxylation is 2. The first-order valence-corrected chi connectivity index (χ1v) is 6.14. The van der Waals surface area contributed by atoms with Crippen LogP contribution in [0.3, 0.4) is 0 Å². The predicted octanol–water partition coefficient (Wildman–Crippen LogP) is 3.00. The van der Waals surface area contributed by atoms with Crippen LogP contribution in [0.15, 0.2) is 0 Å². The van der Waals surface area contributed by atoms with Crippen LogP contribution in [0.5, 0.6) is 0 Å². The lowest BCUT2D eigenvalue weighted by atomic mass is 10.0. The Labute approximate surface area is 88.4 Å². The molecule has 1 aromatic rings.